The zero-order valence-electron chi connectivity index (χ0n) is 16.1. The first-order chi connectivity index (χ1) is 14.1. The van der Waals surface area contributed by atoms with Crippen LogP contribution < -0.4 is 10.6 Å². The molecule has 1 unspecified atom stereocenters. The number of carbonyl (C=O) groups is 2. The molecule has 0 bridgehead atoms. The van der Waals surface area contributed by atoms with Gasteiger partial charge in [0.1, 0.15) is 0 Å². The first-order valence-electron chi connectivity index (χ1n) is 10.1. The van der Waals surface area contributed by atoms with Crippen LogP contribution in [0.2, 0.25) is 0 Å². The zero-order chi connectivity index (χ0) is 20.0. The average Bonchev–Trinajstić information content (AvgIpc) is 3.53. The average molecular weight is 392 g/mol. The summed E-state index contributed by atoms with van der Waals surface area (Å²) in [6.07, 6.45) is 2.71. The molecule has 1 aliphatic carbocycles. The van der Waals surface area contributed by atoms with Crippen LogP contribution in [0, 0.1) is 5.92 Å². The molecule has 0 spiro atoms. The number of fused-ring (bicyclic) bond motifs is 4. The fraction of sp³-hybridized carbons (Fsp3) is 0.409. The fourth-order valence-corrected chi connectivity index (χ4v) is 4.39. The number of aromatic nitrogens is 1. The Morgan fingerprint density at radius 2 is 2.14 bits per heavy atom. The van der Waals surface area contributed by atoms with Gasteiger partial charge in [-0.15, -0.1) is 0 Å². The van der Waals surface area contributed by atoms with E-state index in [1.807, 2.05) is 6.07 Å². The molecule has 5 rings (SSSR count). The van der Waals surface area contributed by atoms with Crippen molar-refractivity contribution in [1.29, 1.82) is 0 Å². The lowest BCUT2D eigenvalue weighted by molar-refractivity contribution is -0.117. The highest BCUT2D eigenvalue weighted by Gasteiger charge is 2.49. The van der Waals surface area contributed by atoms with Crippen LogP contribution in [0.25, 0.3) is 0 Å². The third kappa shape index (κ3) is 3.63. The lowest BCUT2D eigenvalue weighted by Gasteiger charge is -2.30. The standard InChI is InChI=1S/C22H24N4O3/c27-16(12-26-6-5-13-3-1-2-4-14(13)11-26)10-24-21(28)15-7-19-20(23-9-15)17-8-18(17)22(29)25-19/h1-4,7,9,16-18,27H,5-6,8,10-12H2,(H,24,28)(H,25,29)/t16-,17?,18-/m0/s1. The van der Waals surface area contributed by atoms with Crippen molar-refractivity contribution in [1.82, 2.24) is 15.2 Å². The second kappa shape index (κ2) is 7.24. The molecular formula is C22H24N4O3. The summed E-state index contributed by atoms with van der Waals surface area (Å²) in [5.41, 5.74) is 4.57. The van der Waals surface area contributed by atoms with Crippen molar-refractivity contribution in [3.05, 3.63) is 58.9 Å². The summed E-state index contributed by atoms with van der Waals surface area (Å²) in [5.74, 6) is -0.0326. The summed E-state index contributed by atoms with van der Waals surface area (Å²) in [7, 11) is 0. The molecule has 3 heterocycles. The summed E-state index contributed by atoms with van der Waals surface area (Å²) in [4.78, 5) is 31.0. The van der Waals surface area contributed by atoms with Gasteiger partial charge in [0.05, 0.1) is 23.0 Å². The van der Waals surface area contributed by atoms with Gasteiger partial charge in [-0.3, -0.25) is 19.5 Å². The molecule has 150 valence electrons. The van der Waals surface area contributed by atoms with E-state index in [2.05, 4.69) is 38.7 Å². The summed E-state index contributed by atoms with van der Waals surface area (Å²) in [6, 6.07) is 10.1. The maximum atomic E-state index is 12.5. The fourth-order valence-electron chi connectivity index (χ4n) is 4.39. The minimum absolute atomic E-state index is 0.0142. The highest BCUT2D eigenvalue weighted by atomic mass is 16.3. The van der Waals surface area contributed by atoms with Crippen molar-refractivity contribution in [2.45, 2.75) is 31.4 Å². The van der Waals surface area contributed by atoms with Crippen molar-refractivity contribution in [2.24, 2.45) is 5.92 Å². The molecule has 7 heteroatoms. The Kier molecular flexibility index (Phi) is 4.56. The molecular weight excluding hydrogens is 368 g/mol. The third-order valence-corrected chi connectivity index (χ3v) is 6.09. The van der Waals surface area contributed by atoms with Gasteiger partial charge >= 0.3 is 0 Å². The topological polar surface area (TPSA) is 94.6 Å². The Morgan fingerprint density at radius 3 is 3.00 bits per heavy atom. The predicted octanol–water partition coefficient (Wildman–Crippen LogP) is 1.29. The molecule has 2 aliphatic heterocycles. The van der Waals surface area contributed by atoms with Crippen LogP contribution in [0.15, 0.2) is 36.5 Å². The number of aliphatic hydroxyl groups excluding tert-OH is 1. The van der Waals surface area contributed by atoms with Crippen LogP contribution in [0.5, 0.6) is 0 Å². The molecule has 1 fully saturated rings. The van der Waals surface area contributed by atoms with Crippen LogP contribution in [0.3, 0.4) is 0 Å². The molecule has 1 saturated carbocycles. The number of pyridine rings is 1. The molecule has 1 aromatic heterocycles. The van der Waals surface area contributed by atoms with E-state index in [0.717, 1.165) is 31.6 Å². The van der Waals surface area contributed by atoms with E-state index in [-0.39, 0.29) is 30.2 Å². The van der Waals surface area contributed by atoms with Gasteiger partial charge in [0.2, 0.25) is 5.91 Å². The second-order valence-corrected chi connectivity index (χ2v) is 8.21. The minimum atomic E-state index is -0.651. The monoisotopic (exact) mass is 392 g/mol. The van der Waals surface area contributed by atoms with Crippen LogP contribution in [-0.4, -0.2) is 52.5 Å². The van der Waals surface area contributed by atoms with Gasteiger partial charge in [0.15, 0.2) is 0 Å². The first kappa shape index (κ1) is 18.3. The van der Waals surface area contributed by atoms with Gasteiger partial charge in [0.25, 0.3) is 5.91 Å². The summed E-state index contributed by atoms with van der Waals surface area (Å²) < 4.78 is 0. The number of nitrogens with zero attached hydrogens (tertiary/aromatic N) is 2. The van der Waals surface area contributed by atoms with E-state index >= 15 is 0 Å². The Labute approximate surface area is 169 Å². The van der Waals surface area contributed by atoms with Gasteiger partial charge in [0, 0.05) is 44.2 Å². The minimum Gasteiger partial charge on any atom is -0.390 e. The van der Waals surface area contributed by atoms with Crippen molar-refractivity contribution >= 4 is 17.5 Å². The van der Waals surface area contributed by atoms with Gasteiger partial charge in [-0.1, -0.05) is 24.3 Å². The van der Waals surface area contributed by atoms with Crippen LogP contribution in [-0.2, 0) is 17.8 Å². The van der Waals surface area contributed by atoms with Crippen LogP contribution in [0.1, 0.15) is 39.5 Å². The number of rotatable bonds is 5. The van der Waals surface area contributed by atoms with Crippen molar-refractivity contribution in [3.63, 3.8) is 0 Å². The van der Waals surface area contributed by atoms with Crippen LogP contribution in [0.4, 0.5) is 5.69 Å². The smallest absolute Gasteiger partial charge is 0.253 e. The summed E-state index contributed by atoms with van der Waals surface area (Å²) in [6.45, 7) is 2.40. The van der Waals surface area contributed by atoms with E-state index in [9.17, 15) is 14.7 Å². The number of amides is 2. The maximum absolute atomic E-state index is 12.5. The van der Waals surface area contributed by atoms with E-state index in [0.29, 0.717) is 17.8 Å². The molecule has 0 saturated heterocycles. The van der Waals surface area contributed by atoms with Gasteiger partial charge < -0.3 is 15.7 Å². The number of benzene rings is 1. The second-order valence-electron chi connectivity index (χ2n) is 8.21. The number of hydrogen-bond acceptors (Lipinski definition) is 5. The Morgan fingerprint density at radius 1 is 1.31 bits per heavy atom. The third-order valence-electron chi connectivity index (χ3n) is 6.09. The number of aliphatic hydroxyl groups is 1. The molecule has 3 aliphatic rings. The number of nitrogens with one attached hydrogen (secondary N) is 2. The number of carbonyl (C=O) groups excluding carboxylic acids is 2. The Balaban J connectivity index is 1.15. The van der Waals surface area contributed by atoms with Gasteiger partial charge in [-0.05, 0) is 30.0 Å². The Bertz CT molecular complexity index is 976. The van der Waals surface area contributed by atoms with Crippen molar-refractivity contribution < 1.29 is 14.7 Å². The number of β-amino-alcohol motifs (C(OH)–C–C–N with tert-alkyl or cyclic N) is 1. The molecule has 7 nitrogen and oxygen atoms in total. The molecule has 3 N–H and O–H groups in total. The van der Waals surface area contributed by atoms with Crippen LogP contribution >= 0.6 is 0 Å². The van der Waals surface area contributed by atoms with E-state index in [4.69, 9.17) is 0 Å². The zero-order valence-corrected chi connectivity index (χ0v) is 16.1. The summed E-state index contributed by atoms with van der Waals surface area (Å²) >= 11 is 0. The SMILES string of the molecule is O=C(NC[C@H](O)CN1CCc2ccccc2C1)c1cnc2c(c1)NC(=O)[C@H]1CC21. The van der Waals surface area contributed by atoms with Crippen molar-refractivity contribution in [2.75, 3.05) is 25.0 Å². The van der Waals surface area contributed by atoms with E-state index in [1.54, 1.807) is 12.3 Å². The number of anilines is 1. The van der Waals surface area contributed by atoms with E-state index < -0.39 is 6.10 Å². The highest BCUT2D eigenvalue weighted by Crippen LogP contribution is 2.52. The largest absolute Gasteiger partial charge is 0.390 e. The molecule has 3 atom stereocenters. The normalized spacial score (nSPS) is 23.3. The maximum Gasteiger partial charge on any atom is 0.253 e. The predicted molar refractivity (Wildman–Crippen MR) is 107 cm³/mol. The highest BCUT2D eigenvalue weighted by molar-refractivity contribution is 6.01. The lowest BCUT2D eigenvalue weighted by Crippen LogP contribution is -2.42. The van der Waals surface area contributed by atoms with E-state index in [1.165, 1.54) is 11.1 Å². The summed E-state index contributed by atoms with van der Waals surface area (Å²) in [5, 5.41) is 16.0. The first-order valence-corrected chi connectivity index (χ1v) is 10.1. The number of hydrogen-bond donors (Lipinski definition) is 3. The molecule has 1 aromatic carbocycles. The van der Waals surface area contributed by atoms with Gasteiger partial charge in [-0.25, -0.2) is 0 Å². The quantitative estimate of drug-likeness (QED) is 0.713. The lowest BCUT2D eigenvalue weighted by atomic mass is 10.00. The molecule has 29 heavy (non-hydrogen) atoms. The molecule has 2 aromatic rings. The van der Waals surface area contributed by atoms with Crippen molar-refractivity contribution in [3.8, 4) is 0 Å². The Hall–Kier alpha value is -2.77. The van der Waals surface area contributed by atoms with Gasteiger partial charge in [-0.2, -0.15) is 0 Å². The molecule has 0 radical (unpaired) electrons. The molecule has 2 amide bonds.